The molecule has 7 heteroatoms. The first-order chi connectivity index (χ1) is 8.97. The second-order valence-corrected chi connectivity index (χ2v) is 4.71. The third kappa shape index (κ3) is 4.11. The van der Waals surface area contributed by atoms with Crippen LogP contribution in [0.5, 0.6) is 0 Å². The average molecular weight is 271 g/mol. The first kappa shape index (κ1) is 15.3. The first-order valence-electron chi connectivity index (χ1n) is 6.54. The Labute approximate surface area is 112 Å². The van der Waals surface area contributed by atoms with E-state index in [0.29, 0.717) is 25.9 Å². The maximum atomic E-state index is 12.3. The van der Waals surface area contributed by atoms with Crippen LogP contribution in [0, 0.1) is 0 Å². The largest absolute Gasteiger partial charge is 0.480 e. The molecule has 1 heterocycles. The number of nitrogens with zero attached hydrogens (tertiary/aromatic N) is 2. The van der Waals surface area contributed by atoms with Crippen LogP contribution in [0.1, 0.15) is 32.6 Å². The smallest absolute Gasteiger partial charge is 0.323 e. The molecule has 19 heavy (non-hydrogen) atoms. The number of hydrogen-bond donors (Lipinski definition) is 2. The molecule has 7 nitrogen and oxygen atoms in total. The Morgan fingerprint density at radius 1 is 1.37 bits per heavy atom. The number of carbonyl (C=O) groups is 3. The number of likely N-dealkylation sites (tertiary alicyclic amines) is 1. The predicted octanol–water partition coefficient (Wildman–Crippen LogP) is 0.243. The summed E-state index contributed by atoms with van der Waals surface area (Å²) in [6.07, 6.45) is 2.87. The zero-order chi connectivity index (χ0) is 14.4. The summed E-state index contributed by atoms with van der Waals surface area (Å²) in [6, 6.07) is -1.03. The van der Waals surface area contributed by atoms with Gasteiger partial charge in [-0.05, 0) is 25.7 Å². The fourth-order valence-electron chi connectivity index (χ4n) is 2.31. The maximum Gasteiger partial charge on any atom is 0.323 e. The second-order valence-electron chi connectivity index (χ2n) is 4.71. The standard InChI is InChI=1S/C12H21N3O4/c1-2-6-14(8-10(16)17)12(19)15-7-4-3-5-9(15)11(13)18/h9H,2-8H2,1H3,(H2,13,18)(H,16,17). The summed E-state index contributed by atoms with van der Waals surface area (Å²) in [5.74, 6) is -1.59. The molecule has 3 amide bonds. The summed E-state index contributed by atoms with van der Waals surface area (Å²) in [7, 11) is 0. The van der Waals surface area contributed by atoms with E-state index in [2.05, 4.69) is 0 Å². The van der Waals surface area contributed by atoms with Crippen LogP contribution >= 0.6 is 0 Å². The van der Waals surface area contributed by atoms with E-state index < -0.39 is 23.9 Å². The molecule has 1 aliphatic rings. The molecule has 108 valence electrons. The van der Waals surface area contributed by atoms with Crippen molar-refractivity contribution in [2.75, 3.05) is 19.6 Å². The summed E-state index contributed by atoms with van der Waals surface area (Å²) in [6.45, 7) is 2.32. The molecule has 0 spiro atoms. The van der Waals surface area contributed by atoms with Crippen molar-refractivity contribution in [3.8, 4) is 0 Å². The van der Waals surface area contributed by atoms with Gasteiger partial charge in [0.1, 0.15) is 12.6 Å². The molecule has 0 aromatic carbocycles. The number of rotatable bonds is 5. The SMILES string of the molecule is CCCN(CC(=O)O)C(=O)N1CCCCC1C(N)=O. The molecular formula is C12H21N3O4. The molecular weight excluding hydrogens is 250 g/mol. The minimum atomic E-state index is -1.06. The number of primary amides is 1. The van der Waals surface area contributed by atoms with Gasteiger partial charge in [-0.3, -0.25) is 9.59 Å². The van der Waals surface area contributed by atoms with Gasteiger partial charge in [0.15, 0.2) is 0 Å². The first-order valence-corrected chi connectivity index (χ1v) is 6.54. The third-order valence-electron chi connectivity index (χ3n) is 3.17. The van der Waals surface area contributed by atoms with Crippen LogP contribution < -0.4 is 5.73 Å². The highest BCUT2D eigenvalue weighted by molar-refractivity contribution is 5.87. The van der Waals surface area contributed by atoms with Crippen molar-refractivity contribution in [3.05, 3.63) is 0 Å². The summed E-state index contributed by atoms with van der Waals surface area (Å²) >= 11 is 0. The molecule has 1 rings (SSSR count). The van der Waals surface area contributed by atoms with Gasteiger partial charge in [0.2, 0.25) is 5.91 Å². The number of urea groups is 1. The van der Waals surface area contributed by atoms with Crippen molar-refractivity contribution in [3.63, 3.8) is 0 Å². The Bertz CT molecular complexity index is 359. The molecule has 1 aliphatic heterocycles. The fraction of sp³-hybridized carbons (Fsp3) is 0.750. The van der Waals surface area contributed by atoms with Gasteiger partial charge in [0.05, 0.1) is 0 Å². The number of carboxylic acids is 1. The topological polar surface area (TPSA) is 104 Å². The minimum Gasteiger partial charge on any atom is -0.480 e. The van der Waals surface area contributed by atoms with Crippen LogP contribution in [0.4, 0.5) is 4.79 Å². The Morgan fingerprint density at radius 3 is 2.58 bits per heavy atom. The van der Waals surface area contributed by atoms with E-state index in [-0.39, 0.29) is 6.54 Å². The van der Waals surface area contributed by atoms with Gasteiger partial charge < -0.3 is 20.6 Å². The van der Waals surface area contributed by atoms with Gasteiger partial charge in [-0.2, -0.15) is 0 Å². The van der Waals surface area contributed by atoms with Gasteiger partial charge in [-0.1, -0.05) is 6.92 Å². The highest BCUT2D eigenvalue weighted by Crippen LogP contribution is 2.18. The molecule has 0 aromatic heterocycles. The lowest BCUT2D eigenvalue weighted by Crippen LogP contribution is -2.55. The van der Waals surface area contributed by atoms with Gasteiger partial charge in [-0.25, -0.2) is 4.79 Å². The van der Waals surface area contributed by atoms with Crippen molar-refractivity contribution >= 4 is 17.9 Å². The Balaban J connectivity index is 2.80. The van der Waals surface area contributed by atoms with Crippen molar-refractivity contribution in [2.24, 2.45) is 5.73 Å². The lowest BCUT2D eigenvalue weighted by molar-refractivity contribution is -0.137. The normalized spacial score (nSPS) is 19.0. The number of carboxylic acid groups (broad SMARTS) is 1. The van der Waals surface area contributed by atoms with E-state index in [1.54, 1.807) is 0 Å². The minimum absolute atomic E-state index is 0.353. The predicted molar refractivity (Wildman–Crippen MR) is 68.4 cm³/mol. The van der Waals surface area contributed by atoms with Crippen LogP contribution in [-0.4, -0.2) is 58.5 Å². The van der Waals surface area contributed by atoms with Crippen LogP contribution in [0.3, 0.4) is 0 Å². The molecule has 1 unspecified atom stereocenters. The van der Waals surface area contributed by atoms with Gasteiger partial charge >= 0.3 is 12.0 Å². The molecule has 0 bridgehead atoms. The van der Waals surface area contributed by atoms with Crippen LogP contribution in [0.25, 0.3) is 0 Å². The molecule has 1 atom stereocenters. The van der Waals surface area contributed by atoms with Gasteiger partial charge in [-0.15, -0.1) is 0 Å². The summed E-state index contributed by atoms with van der Waals surface area (Å²) in [5.41, 5.74) is 5.30. The van der Waals surface area contributed by atoms with Crippen molar-refractivity contribution in [1.82, 2.24) is 9.80 Å². The summed E-state index contributed by atoms with van der Waals surface area (Å²) < 4.78 is 0. The molecule has 0 radical (unpaired) electrons. The van der Waals surface area contributed by atoms with Crippen molar-refractivity contribution in [1.29, 1.82) is 0 Å². The quantitative estimate of drug-likeness (QED) is 0.747. The summed E-state index contributed by atoms with van der Waals surface area (Å²) in [5, 5.41) is 8.83. The van der Waals surface area contributed by atoms with E-state index >= 15 is 0 Å². The van der Waals surface area contributed by atoms with Gasteiger partial charge in [0.25, 0.3) is 0 Å². The van der Waals surface area contributed by atoms with Crippen LogP contribution in [0.15, 0.2) is 0 Å². The number of nitrogens with two attached hydrogens (primary N) is 1. The van der Waals surface area contributed by atoms with Crippen LogP contribution in [0.2, 0.25) is 0 Å². The van der Waals surface area contributed by atoms with E-state index in [0.717, 1.165) is 12.8 Å². The lowest BCUT2D eigenvalue weighted by atomic mass is 10.0. The Hall–Kier alpha value is -1.79. The monoisotopic (exact) mass is 271 g/mol. The molecule has 0 aliphatic carbocycles. The maximum absolute atomic E-state index is 12.3. The van der Waals surface area contributed by atoms with Crippen LogP contribution in [-0.2, 0) is 9.59 Å². The Kier molecular flexibility index (Phi) is 5.59. The second kappa shape index (κ2) is 6.96. The molecule has 0 saturated carbocycles. The highest BCUT2D eigenvalue weighted by atomic mass is 16.4. The number of hydrogen-bond acceptors (Lipinski definition) is 3. The summed E-state index contributed by atoms with van der Waals surface area (Å²) in [4.78, 5) is 37.1. The van der Waals surface area contributed by atoms with E-state index in [4.69, 9.17) is 10.8 Å². The average Bonchev–Trinajstić information content (AvgIpc) is 2.37. The van der Waals surface area contributed by atoms with Gasteiger partial charge in [0, 0.05) is 13.1 Å². The van der Waals surface area contributed by atoms with Crippen molar-refractivity contribution < 1.29 is 19.5 Å². The zero-order valence-electron chi connectivity index (χ0n) is 11.2. The fourth-order valence-corrected chi connectivity index (χ4v) is 2.31. The molecule has 3 N–H and O–H groups in total. The number of amides is 3. The lowest BCUT2D eigenvalue weighted by Gasteiger charge is -2.37. The van der Waals surface area contributed by atoms with E-state index in [1.807, 2.05) is 6.92 Å². The highest BCUT2D eigenvalue weighted by Gasteiger charge is 2.33. The number of aliphatic carboxylic acids is 1. The van der Waals surface area contributed by atoms with E-state index in [9.17, 15) is 14.4 Å². The zero-order valence-corrected chi connectivity index (χ0v) is 11.2. The third-order valence-corrected chi connectivity index (χ3v) is 3.17. The molecule has 0 aromatic rings. The molecule has 1 fully saturated rings. The van der Waals surface area contributed by atoms with Crippen molar-refractivity contribution in [2.45, 2.75) is 38.6 Å². The number of piperidine rings is 1. The van der Waals surface area contributed by atoms with E-state index in [1.165, 1.54) is 9.80 Å². The number of carbonyl (C=O) groups excluding carboxylic acids is 2. The molecule has 1 saturated heterocycles. The Morgan fingerprint density at radius 2 is 2.05 bits per heavy atom.